The van der Waals surface area contributed by atoms with Gasteiger partial charge < -0.3 is 10.2 Å². The molecule has 0 aliphatic heterocycles. The monoisotopic (exact) mass is 314 g/mol. The fraction of sp³-hybridized carbons (Fsp3) is 0.368. The Bertz CT molecular complexity index is 692. The molecule has 3 heteroatoms. The first-order chi connectivity index (χ1) is 10.5. The van der Waals surface area contributed by atoms with Crippen molar-refractivity contribution in [1.82, 2.24) is 0 Å². The van der Waals surface area contributed by atoms with E-state index in [9.17, 15) is 10.2 Å². The number of benzene rings is 2. The van der Waals surface area contributed by atoms with E-state index in [4.69, 9.17) is 0 Å². The molecule has 2 aromatic rings. The highest BCUT2D eigenvalue weighted by atomic mass is 31.1. The molecular formula is C19H23O2P. The smallest absolute Gasteiger partial charge is 0.0603 e. The third kappa shape index (κ3) is 2.50. The largest absolute Gasteiger partial charge is 0.396 e. The van der Waals surface area contributed by atoms with Crippen LogP contribution >= 0.6 is 7.92 Å². The molecule has 0 fully saturated rings. The standard InChI is InChI=1S/C19H23O2P/c1-12(21)17(11-20)19-16-10-13-6-4-5-7-14(13)15(16)8-9-18(19)22(2)3/h4-9,12,17,20-21H,10-11H2,1-3H3. The summed E-state index contributed by atoms with van der Waals surface area (Å²) in [6, 6.07) is 12.9. The predicted molar refractivity (Wildman–Crippen MR) is 94.6 cm³/mol. The van der Waals surface area contributed by atoms with Gasteiger partial charge in [-0.2, -0.15) is 0 Å². The van der Waals surface area contributed by atoms with Gasteiger partial charge in [0.1, 0.15) is 0 Å². The van der Waals surface area contributed by atoms with Gasteiger partial charge in [-0.25, -0.2) is 0 Å². The molecule has 116 valence electrons. The maximum Gasteiger partial charge on any atom is 0.0603 e. The van der Waals surface area contributed by atoms with Crippen molar-refractivity contribution in [2.45, 2.75) is 25.4 Å². The van der Waals surface area contributed by atoms with E-state index < -0.39 is 6.10 Å². The Morgan fingerprint density at radius 2 is 1.82 bits per heavy atom. The van der Waals surface area contributed by atoms with E-state index in [1.165, 1.54) is 33.1 Å². The van der Waals surface area contributed by atoms with Crippen LogP contribution in [0.25, 0.3) is 11.1 Å². The summed E-state index contributed by atoms with van der Waals surface area (Å²) in [5.41, 5.74) is 6.39. The van der Waals surface area contributed by atoms with E-state index in [1.807, 2.05) is 0 Å². The second-order valence-electron chi connectivity index (χ2n) is 6.28. The van der Waals surface area contributed by atoms with Crippen LogP contribution in [0.3, 0.4) is 0 Å². The SMILES string of the molecule is CC(O)C(CO)c1c(P(C)C)ccc2c1Cc1ccccc1-2. The molecule has 2 aromatic carbocycles. The molecule has 0 spiro atoms. The first-order valence-electron chi connectivity index (χ1n) is 7.75. The Hall–Kier alpha value is -1.21. The maximum atomic E-state index is 10.2. The average molecular weight is 314 g/mol. The molecule has 2 unspecified atom stereocenters. The van der Waals surface area contributed by atoms with Crippen LogP contribution in [0.5, 0.6) is 0 Å². The van der Waals surface area contributed by atoms with Crippen molar-refractivity contribution in [3.8, 4) is 11.1 Å². The van der Waals surface area contributed by atoms with Crippen molar-refractivity contribution in [2.75, 3.05) is 19.9 Å². The molecule has 0 aromatic heterocycles. The molecule has 1 aliphatic rings. The number of hydrogen-bond donors (Lipinski definition) is 2. The number of aliphatic hydroxyl groups excluding tert-OH is 2. The zero-order valence-electron chi connectivity index (χ0n) is 13.4. The van der Waals surface area contributed by atoms with Crippen molar-refractivity contribution in [1.29, 1.82) is 0 Å². The predicted octanol–water partition coefficient (Wildman–Crippen LogP) is 3.08. The lowest BCUT2D eigenvalue weighted by Gasteiger charge is -2.26. The maximum absolute atomic E-state index is 10.2. The average Bonchev–Trinajstić information content (AvgIpc) is 2.86. The van der Waals surface area contributed by atoms with Crippen molar-refractivity contribution in [3.63, 3.8) is 0 Å². The van der Waals surface area contributed by atoms with E-state index in [0.717, 1.165) is 6.42 Å². The summed E-state index contributed by atoms with van der Waals surface area (Å²) in [7, 11) is -0.284. The molecule has 3 rings (SSSR count). The molecular weight excluding hydrogens is 291 g/mol. The van der Waals surface area contributed by atoms with E-state index >= 15 is 0 Å². The lowest BCUT2D eigenvalue weighted by atomic mass is 9.88. The molecule has 0 saturated carbocycles. The van der Waals surface area contributed by atoms with Gasteiger partial charge in [0.2, 0.25) is 0 Å². The summed E-state index contributed by atoms with van der Waals surface area (Å²) in [5.74, 6) is -0.204. The Balaban J connectivity index is 2.23. The summed E-state index contributed by atoms with van der Waals surface area (Å²) >= 11 is 0. The van der Waals surface area contributed by atoms with E-state index in [-0.39, 0.29) is 20.4 Å². The van der Waals surface area contributed by atoms with Crippen LogP contribution < -0.4 is 5.30 Å². The van der Waals surface area contributed by atoms with Crippen LogP contribution in [-0.4, -0.2) is 36.3 Å². The summed E-state index contributed by atoms with van der Waals surface area (Å²) in [5, 5.41) is 21.3. The van der Waals surface area contributed by atoms with Crippen molar-refractivity contribution >= 4 is 13.2 Å². The van der Waals surface area contributed by atoms with Crippen LogP contribution in [0.15, 0.2) is 36.4 Å². The lowest BCUT2D eigenvalue weighted by Crippen LogP contribution is -2.26. The first-order valence-corrected chi connectivity index (χ1v) is 9.98. The van der Waals surface area contributed by atoms with Crippen molar-refractivity contribution in [2.24, 2.45) is 0 Å². The Labute approximate surface area is 133 Å². The molecule has 0 radical (unpaired) electrons. The normalized spacial score (nSPS) is 15.5. The molecule has 2 atom stereocenters. The fourth-order valence-corrected chi connectivity index (χ4v) is 4.67. The highest BCUT2D eigenvalue weighted by Crippen LogP contribution is 2.43. The molecule has 0 amide bonds. The molecule has 1 aliphatic carbocycles. The van der Waals surface area contributed by atoms with Gasteiger partial charge in [-0.1, -0.05) is 44.3 Å². The van der Waals surface area contributed by atoms with Gasteiger partial charge in [-0.05, 0) is 59.8 Å². The molecule has 2 N–H and O–H groups in total. The first kappa shape index (κ1) is 15.7. The molecule has 0 bridgehead atoms. The van der Waals surface area contributed by atoms with Crippen LogP contribution in [0.4, 0.5) is 0 Å². The van der Waals surface area contributed by atoms with Gasteiger partial charge in [0.05, 0.1) is 12.7 Å². The second kappa shape index (κ2) is 6.12. The molecule has 0 heterocycles. The minimum Gasteiger partial charge on any atom is -0.396 e. The van der Waals surface area contributed by atoms with Crippen molar-refractivity contribution in [3.05, 3.63) is 53.1 Å². The van der Waals surface area contributed by atoms with Gasteiger partial charge in [-0.15, -0.1) is 0 Å². The van der Waals surface area contributed by atoms with Gasteiger partial charge in [0.15, 0.2) is 0 Å². The Kier molecular flexibility index (Phi) is 4.36. The fourth-order valence-electron chi connectivity index (χ4n) is 3.51. The van der Waals surface area contributed by atoms with Crippen LogP contribution in [0.1, 0.15) is 29.5 Å². The molecule has 22 heavy (non-hydrogen) atoms. The minimum absolute atomic E-state index is 0.0133. The molecule has 0 saturated heterocycles. The number of rotatable bonds is 4. The quantitative estimate of drug-likeness (QED) is 0.727. The van der Waals surface area contributed by atoms with Gasteiger partial charge >= 0.3 is 0 Å². The highest BCUT2D eigenvalue weighted by molar-refractivity contribution is 7.64. The van der Waals surface area contributed by atoms with Crippen molar-refractivity contribution < 1.29 is 10.2 Å². The number of fused-ring (bicyclic) bond motifs is 3. The number of hydrogen-bond acceptors (Lipinski definition) is 2. The number of aliphatic hydroxyl groups is 2. The zero-order chi connectivity index (χ0) is 15.9. The van der Waals surface area contributed by atoms with Gasteiger partial charge in [0.25, 0.3) is 0 Å². The minimum atomic E-state index is -0.547. The summed E-state index contributed by atoms with van der Waals surface area (Å²) in [6.45, 7) is 6.23. The summed E-state index contributed by atoms with van der Waals surface area (Å²) in [4.78, 5) is 0. The zero-order valence-corrected chi connectivity index (χ0v) is 14.3. The van der Waals surface area contributed by atoms with E-state index in [0.29, 0.717) is 0 Å². The Morgan fingerprint density at radius 3 is 2.45 bits per heavy atom. The van der Waals surface area contributed by atoms with E-state index in [1.54, 1.807) is 6.92 Å². The van der Waals surface area contributed by atoms with Gasteiger partial charge in [-0.3, -0.25) is 0 Å². The highest BCUT2D eigenvalue weighted by Gasteiger charge is 2.29. The topological polar surface area (TPSA) is 40.5 Å². The van der Waals surface area contributed by atoms with Gasteiger partial charge in [0, 0.05) is 5.92 Å². The van der Waals surface area contributed by atoms with Crippen LogP contribution in [0, 0.1) is 0 Å². The third-order valence-corrected chi connectivity index (χ3v) is 5.99. The summed E-state index contributed by atoms with van der Waals surface area (Å²) in [6.07, 6.45) is 0.357. The van der Waals surface area contributed by atoms with E-state index in [2.05, 4.69) is 49.7 Å². The summed E-state index contributed by atoms with van der Waals surface area (Å²) < 4.78 is 0. The lowest BCUT2D eigenvalue weighted by molar-refractivity contribution is 0.121. The Morgan fingerprint density at radius 1 is 1.09 bits per heavy atom. The third-order valence-electron chi connectivity index (χ3n) is 4.64. The second-order valence-corrected chi connectivity index (χ2v) is 8.55. The molecule has 2 nitrogen and oxygen atoms in total. The van der Waals surface area contributed by atoms with Crippen LogP contribution in [0.2, 0.25) is 0 Å². The van der Waals surface area contributed by atoms with Crippen LogP contribution in [-0.2, 0) is 6.42 Å².